The molecule has 4 heterocycles. The van der Waals surface area contributed by atoms with Crippen LogP contribution in [0.5, 0.6) is 0 Å². The van der Waals surface area contributed by atoms with Crippen molar-refractivity contribution in [2.75, 3.05) is 39.4 Å². The van der Waals surface area contributed by atoms with Gasteiger partial charge in [0.1, 0.15) is 11.6 Å². The third kappa shape index (κ3) is 4.39. The van der Waals surface area contributed by atoms with Crippen molar-refractivity contribution in [1.29, 1.82) is 0 Å². The van der Waals surface area contributed by atoms with Crippen molar-refractivity contribution in [3.8, 4) is 0 Å². The van der Waals surface area contributed by atoms with Gasteiger partial charge in [0.25, 0.3) is 11.7 Å². The molecule has 168 valence electrons. The highest BCUT2D eigenvalue weighted by molar-refractivity contribution is 6.46. The number of hydrogen-bond donors (Lipinski definition) is 1. The Labute approximate surface area is 186 Å². The Morgan fingerprint density at radius 2 is 1.97 bits per heavy atom. The lowest BCUT2D eigenvalue weighted by atomic mass is 9.96. The zero-order chi connectivity index (χ0) is 22.7. The lowest BCUT2D eigenvalue weighted by molar-refractivity contribution is -0.140. The van der Waals surface area contributed by atoms with Crippen molar-refractivity contribution < 1.29 is 19.4 Å². The average Bonchev–Trinajstić information content (AvgIpc) is 3.05. The molecule has 0 saturated carbocycles. The third-order valence-electron chi connectivity index (χ3n) is 5.87. The molecule has 1 atom stereocenters. The molecule has 2 saturated heterocycles. The molecule has 4 rings (SSSR count). The first-order valence-electron chi connectivity index (χ1n) is 10.8. The number of aromatic nitrogens is 3. The number of amides is 1. The van der Waals surface area contributed by atoms with Crippen molar-refractivity contribution in [1.82, 2.24) is 24.8 Å². The van der Waals surface area contributed by atoms with Crippen LogP contribution in [0.2, 0.25) is 0 Å². The van der Waals surface area contributed by atoms with Gasteiger partial charge in [-0.25, -0.2) is 9.97 Å². The molecule has 0 bridgehead atoms. The summed E-state index contributed by atoms with van der Waals surface area (Å²) in [5, 5.41) is 11.1. The van der Waals surface area contributed by atoms with Gasteiger partial charge in [0.2, 0.25) is 0 Å². The second-order valence-corrected chi connectivity index (χ2v) is 8.00. The Morgan fingerprint density at radius 1 is 1.19 bits per heavy atom. The molecule has 2 aliphatic rings. The minimum Gasteiger partial charge on any atom is -0.507 e. The van der Waals surface area contributed by atoms with Gasteiger partial charge in [0, 0.05) is 44.8 Å². The van der Waals surface area contributed by atoms with Crippen LogP contribution in [0.1, 0.15) is 35.1 Å². The maximum atomic E-state index is 13.1. The Morgan fingerprint density at radius 3 is 2.66 bits per heavy atom. The fourth-order valence-electron chi connectivity index (χ4n) is 4.25. The molecule has 2 aromatic rings. The maximum Gasteiger partial charge on any atom is 0.295 e. The van der Waals surface area contributed by atoms with Crippen molar-refractivity contribution in [2.24, 2.45) is 0 Å². The highest BCUT2D eigenvalue weighted by Crippen LogP contribution is 2.39. The topological polar surface area (TPSA) is 109 Å². The zero-order valence-corrected chi connectivity index (χ0v) is 18.3. The molecule has 0 aromatic carbocycles. The summed E-state index contributed by atoms with van der Waals surface area (Å²) in [5.41, 5.74) is 1.60. The van der Waals surface area contributed by atoms with E-state index in [1.165, 1.54) is 11.1 Å². The number of ketones is 1. The van der Waals surface area contributed by atoms with Crippen LogP contribution in [-0.4, -0.2) is 80.9 Å². The molecule has 1 amide bonds. The van der Waals surface area contributed by atoms with E-state index in [2.05, 4.69) is 19.9 Å². The van der Waals surface area contributed by atoms with Gasteiger partial charge in [-0.1, -0.05) is 6.07 Å². The summed E-state index contributed by atoms with van der Waals surface area (Å²) in [4.78, 5) is 42.5. The van der Waals surface area contributed by atoms with E-state index in [4.69, 9.17) is 4.74 Å². The van der Waals surface area contributed by atoms with Gasteiger partial charge in [-0.3, -0.25) is 19.5 Å². The molecule has 2 fully saturated rings. The minimum atomic E-state index is -0.714. The molecular weight excluding hydrogens is 410 g/mol. The molecule has 0 radical (unpaired) electrons. The highest BCUT2D eigenvalue weighted by Gasteiger charge is 2.46. The van der Waals surface area contributed by atoms with E-state index < -0.39 is 17.7 Å². The maximum absolute atomic E-state index is 13.1. The van der Waals surface area contributed by atoms with Crippen LogP contribution < -0.4 is 0 Å². The zero-order valence-electron chi connectivity index (χ0n) is 18.3. The van der Waals surface area contributed by atoms with E-state index in [0.717, 1.165) is 19.6 Å². The number of carbonyl (C=O) groups is 2. The fourth-order valence-corrected chi connectivity index (χ4v) is 4.25. The number of rotatable bonds is 6. The van der Waals surface area contributed by atoms with Gasteiger partial charge in [-0.15, -0.1) is 0 Å². The van der Waals surface area contributed by atoms with Crippen LogP contribution in [0.25, 0.3) is 5.76 Å². The van der Waals surface area contributed by atoms with Gasteiger partial charge in [0.05, 0.1) is 36.1 Å². The molecule has 9 nitrogen and oxygen atoms in total. The van der Waals surface area contributed by atoms with Gasteiger partial charge in [-0.05, 0) is 31.9 Å². The van der Waals surface area contributed by atoms with Gasteiger partial charge in [0.15, 0.2) is 0 Å². The first-order chi connectivity index (χ1) is 15.5. The molecule has 1 N–H and O–H groups in total. The van der Waals surface area contributed by atoms with Crippen LogP contribution >= 0.6 is 0 Å². The largest absolute Gasteiger partial charge is 0.507 e. The molecule has 0 unspecified atom stereocenters. The number of aryl methyl sites for hydroxylation is 2. The van der Waals surface area contributed by atoms with Gasteiger partial charge >= 0.3 is 0 Å². The van der Waals surface area contributed by atoms with E-state index in [9.17, 15) is 14.7 Å². The van der Waals surface area contributed by atoms with E-state index in [1.807, 2.05) is 6.07 Å². The number of pyridine rings is 1. The van der Waals surface area contributed by atoms with Crippen LogP contribution in [-0.2, 0) is 14.3 Å². The first kappa shape index (κ1) is 22.0. The van der Waals surface area contributed by atoms with Crippen molar-refractivity contribution >= 4 is 17.4 Å². The molecular formula is C23H27N5O4. The SMILES string of the molecule is Cc1ncc(C(O)=C2C(=O)C(=O)N(CCCN3CCOCC3)[C@H]2c2cccnc2)c(C)n1. The number of likely N-dealkylation sites (tertiary alicyclic amines) is 1. The summed E-state index contributed by atoms with van der Waals surface area (Å²) in [6.45, 7) is 7.81. The number of aliphatic hydroxyl groups is 1. The summed E-state index contributed by atoms with van der Waals surface area (Å²) >= 11 is 0. The second kappa shape index (κ2) is 9.54. The van der Waals surface area contributed by atoms with E-state index in [0.29, 0.717) is 48.8 Å². The number of Topliss-reactive ketones (excluding diaryl/α,β-unsaturated/α-hetero) is 1. The number of carbonyl (C=O) groups excluding carboxylic acids is 2. The minimum absolute atomic E-state index is 0.0462. The standard InChI is InChI=1S/C23H27N5O4/c1-15-18(14-25-16(2)26-15)21(29)19-20(17-5-3-6-24-13-17)28(23(31)22(19)30)8-4-7-27-9-11-32-12-10-27/h3,5-6,13-14,20,29H,4,7-12H2,1-2H3/t20-/m0/s1. The van der Waals surface area contributed by atoms with Crippen LogP contribution in [0.4, 0.5) is 0 Å². The number of aliphatic hydroxyl groups excluding tert-OH is 1. The quantitative estimate of drug-likeness (QED) is 0.413. The van der Waals surface area contributed by atoms with Gasteiger partial charge < -0.3 is 14.7 Å². The lowest BCUT2D eigenvalue weighted by Gasteiger charge is -2.29. The molecule has 0 spiro atoms. The van der Waals surface area contributed by atoms with Crippen molar-refractivity contribution in [3.63, 3.8) is 0 Å². The number of morpholine rings is 1. The Hall–Kier alpha value is -3.17. The van der Waals surface area contributed by atoms with E-state index >= 15 is 0 Å². The predicted molar refractivity (Wildman–Crippen MR) is 117 cm³/mol. The first-order valence-corrected chi connectivity index (χ1v) is 10.8. The monoisotopic (exact) mass is 437 g/mol. The van der Waals surface area contributed by atoms with Crippen molar-refractivity contribution in [3.05, 3.63) is 58.9 Å². The lowest BCUT2D eigenvalue weighted by Crippen LogP contribution is -2.39. The average molecular weight is 438 g/mol. The van der Waals surface area contributed by atoms with Crippen molar-refractivity contribution in [2.45, 2.75) is 26.3 Å². The molecule has 9 heteroatoms. The predicted octanol–water partition coefficient (Wildman–Crippen LogP) is 1.63. The van der Waals surface area contributed by atoms with E-state index in [-0.39, 0.29) is 11.3 Å². The highest BCUT2D eigenvalue weighted by atomic mass is 16.5. The Bertz CT molecular complexity index is 1030. The van der Waals surface area contributed by atoms with Crippen LogP contribution in [0, 0.1) is 13.8 Å². The number of nitrogens with zero attached hydrogens (tertiary/aromatic N) is 5. The summed E-state index contributed by atoms with van der Waals surface area (Å²) in [6, 6.07) is 2.85. The Kier molecular flexibility index (Phi) is 6.57. The van der Waals surface area contributed by atoms with Crippen LogP contribution in [0.3, 0.4) is 0 Å². The molecule has 2 aromatic heterocycles. The summed E-state index contributed by atoms with van der Waals surface area (Å²) < 4.78 is 5.38. The molecule has 32 heavy (non-hydrogen) atoms. The Balaban J connectivity index is 1.67. The molecule has 2 aliphatic heterocycles. The number of hydrogen-bond acceptors (Lipinski definition) is 8. The summed E-state index contributed by atoms with van der Waals surface area (Å²) in [6.07, 6.45) is 5.44. The van der Waals surface area contributed by atoms with Gasteiger partial charge in [-0.2, -0.15) is 0 Å². The summed E-state index contributed by atoms with van der Waals surface area (Å²) in [7, 11) is 0. The number of ether oxygens (including phenoxy) is 1. The third-order valence-corrected chi connectivity index (χ3v) is 5.87. The summed E-state index contributed by atoms with van der Waals surface area (Å²) in [5.74, 6) is -1.02. The van der Waals surface area contributed by atoms with Crippen LogP contribution in [0.15, 0.2) is 36.3 Å². The second-order valence-electron chi connectivity index (χ2n) is 8.00. The smallest absolute Gasteiger partial charge is 0.295 e. The normalized spacial score (nSPS) is 21.3. The fraction of sp³-hybridized carbons (Fsp3) is 0.435. The van der Waals surface area contributed by atoms with E-state index in [1.54, 1.807) is 32.3 Å². The molecule has 0 aliphatic carbocycles.